The van der Waals surface area contributed by atoms with Crippen LogP contribution in [0.15, 0.2) is 63.1 Å². The highest BCUT2D eigenvalue weighted by atomic mass is 35.5. The molecule has 1 N–H and O–H groups in total. The zero-order valence-corrected chi connectivity index (χ0v) is 14.8. The van der Waals surface area contributed by atoms with Gasteiger partial charge in [-0.3, -0.25) is 4.79 Å². The lowest BCUT2D eigenvalue weighted by atomic mass is 10.2. The van der Waals surface area contributed by atoms with Crippen LogP contribution in [0.1, 0.15) is 11.5 Å². The number of hydrogen-bond donors (Lipinski definition) is 1. The minimum Gasteiger partial charge on any atom is -0.467 e. The number of nitrogens with zero attached hydrogens (tertiary/aromatic N) is 1. The lowest BCUT2D eigenvalue weighted by molar-refractivity contribution is -0.117. The molecule has 2 heterocycles. The van der Waals surface area contributed by atoms with Crippen LogP contribution in [0.3, 0.4) is 0 Å². The summed E-state index contributed by atoms with van der Waals surface area (Å²) >= 11 is 12.2. The SMILES string of the molecule is N#C/C(=C\c1ccc(-c2cccc(Cl)c2Cl)o1)C(=O)NCc1ccco1. The number of benzene rings is 1. The number of carbonyl (C=O) groups is 1. The Labute approximate surface area is 159 Å². The first kappa shape index (κ1) is 17.9. The fraction of sp³-hybridized carbons (Fsp3) is 0.0526. The van der Waals surface area contributed by atoms with Crippen molar-refractivity contribution in [3.63, 3.8) is 0 Å². The second-order valence-electron chi connectivity index (χ2n) is 5.24. The number of carbonyl (C=O) groups excluding carboxylic acids is 1. The number of amides is 1. The first-order valence-corrected chi connectivity index (χ1v) is 8.30. The van der Waals surface area contributed by atoms with E-state index in [1.807, 2.05) is 6.07 Å². The van der Waals surface area contributed by atoms with Gasteiger partial charge in [0.2, 0.25) is 0 Å². The Morgan fingerprint density at radius 1 is 1.19 bits per heavy atom. The molecule has 2 aromatic heterocycles. The van der Waals surface area contributed by atoms with E-state index in [1.54, 1.807) is 42.5 Å². The molecule has 3 rings (SSSR count). The predicted octanol–water partition coefficient (Wildman–Crippen LogP) is 5.07. The third-order valence-corrected chi connectivity index (χ3v) is 4.32. The Morgan fingerprint density at radius 2 is 2.04 bits per heavy atom. The maximum Gasteiger partial charge on any atom is 0.262 e. The molecule has 1 amide bonds. The van der Waals surface area contributed by atoms with Gasteiger partial charge in [-0.2, -0.15) is 5.26 Å². The Bertz CT molecular complexity index is 998. The van der Waals surface area contributed by atoms with E-state index in [-0.39, 0.29) is 12.1 Å². The molecule has 0 fully saturated rings. The van der Waals surface area contributed by atoms with Gasteiger partial charge in [0.25, 0.3) is 5.91 Å². The highest BCUT2D eigenvalue weighted by Crippen LogP contribution is 2.34. The number of hydrogen-bond acceptors (Lipinski definition) is 4. The predicted molar refractivity (Wildman–Crippen MR) is 98.3 cm³/mol. The van der Waals surface area contributed by atoms with Crippen LogP contribution in [0.4, 0.5) is 0 Å². The van der Waals surface area contributed by atoms with Crippen molar-refractivity contribution in [2.45, 2.75) is 6.54 Å². The molecular formula is C19H12Cl2N2O3. The van der Waals surface area contributed by atoms with E-state index < -0.39 is 5.91 Å². The number of rotatable bonds is 5. The number of nitriles is 1. The van der Waals surface area contributed by atoms with E-state index in [2.05, 4.69) is 5.32 Å². The summed E-state index contributed by atoms with van der Waals surface area (Å²) in [7, 11) is 0. The number of halogens is 2. The van der Waals surface area contributed by atoms with Crippen LogP contribution in [-0.4, -0.2) is 5.91 Å². The Hall–Kier alpha value is -2.94. The molecule has 0 radical (unpaired) electrons. The van der Waals surface area contributed by atoms with Crippen molar-refractivity contribution < 1.29 is 13.6 Å². The lowest BCUT2D eigenvalue weighted by Gasteiger charge is -2.02. The van der Waals surface area contributed by atoms with E-state index in [0.29, 0.717) is 32.9 Å². The average Bonchev–Trinajstić information content (AvgIpc) is 3.31. The van der Waals surface area contributed by atoms with E-state index in [4.69, 9.17) is 32.0 Å². The molecule has 0 aliphatic heterocycles. The number of furan rings is 2. The molecule has 5 nitrogen and oxygen atoms in total. The van der Waals surface area contributed by atoms with Gasteiger partial charge in [-0.05, 0) is 36.4 Å². The Kier molecular flexibility index (Phi) is 5.47. The summed E-state index contributed by atoms with van der Waals surface area (Å²) in [5.74, 6) is 0.895. The van der Waals surface area contributed by atoms with Gasteiger partial charge in [0, 0.05) is 11.6 Å². The molecule has 0 bridgehead atoms. The largest absolute Gasteiger partial charge is 0.467 e. The van der Waals surface area contributed by atoms with Gasteiger partial charge >= 0.3 is 0 Å². The first-order valence-electron chi connectivity index (χ1n) is 7.55. The van der Waals surface area contributed by atoms with Gasteiger partial charge in [0.1, 0.15) is 28.9 Å². The summed E-state index contributed by atoms with van der Waals surface area (Å²) in [5, 5.41) is 12.6. The van der Waals surface area contributed by atoms with E-state index in [1.165, 1.54) is 12.3 Å². The molecular weight excluding hydrogens is 375 g/mol. The molecule has 1 aromatic carbocycles. The minimum atomic E-state index is -0.525. The molecule has 0 atom stereocenters. The number of nitrogens with one attached hydrogen (secondary N) is 1. The van der Waals surface area contributed by atoms with Crippen LogP contribution in [0.25, 0.3) is 17.4 Å². The second kappa shape index (κ2) is 7.96. The van der Waals surface area contributed by atoms with Crippen molar-refractivity contribution >= 4 is 35.2 Å². The summed E-state index contributed by atoms with van der Waals surface area (Å²) in [5.41, 5.74) is 0.536. The highest BCUT2D eigenvalue weighted by molar-refractivity contribution is 6.43. The van der Waals surface area contributed by atoms with Crippen molar-refractivity contribution in [2.24, 2.45) is 0 Å². The molecule has 3 aromatic rings. The van der Waals surface area contributed by atoms with Crippen molar-refractivity contribution in [1.82, 2.24) is 5.32 Å². The van der Waals surface area contributed by atoms with E-state index >= 15 is 0 Å². The molecule has 26 heavy (non-hydrogen) atoms. The lowest BCUT2D eigenvalue weighted by Crippen LogP contribution is -2.23. The maximum absolute atomic E-state index is 12.1. The third kappa shape index (κ3) is 3.99. The van der Waals surface area contributed by atoms with Crippen LogP contribution in [0.2, 0.25) is 10.0 Å². The highest BCUT2D eigenvalue weighted by Gasteiger charge is 2.13. The summed E-state index contributed by atoms with van der Waals surface area (Å²) in [4.78, 5) is 12.1. The van der Waals surface area contributed by atoms with Crippen LogP contribution in [-0.2, 0) is 11.3 Å². The van der Waals surface area contributed by atoms with Crippen molar-refractivity contribution in [2.75, 3.05) is 0 Å². The summed E-state index contributed by atoms with van der Waals surface area (Å²) in [6.45, 7) is 0.187. The normalized spacial score (nSPS) is 11.2. The standard InChI is InChI=1S/C19H12Cl2N2O3/c20-16-5-1-4-15(18(16)21)17-7-6-13(26-17)9-12(10-22)19(24)23-11-14-3-2-8-25-14/h1-9H,11H2,(H,23,24)/b12-9+. The van der Waals surface area contributed by atoms with Gasteiger partial charge in [0.05, 0.1) is 22.9 Å². The average molecular weight is 387 g/mol. The summed E-state index contributed by atoms with van der Waals surface area (Å²) < 4.78 is 10.8. The minimum absolute atomic E-state index is 0.0883. The summed E-state index contributed by atoms with van der Waals surface area (Å²) in [6.07, 6.45) is 2.87. The van der Waals surface area contributed by atoms with Crippen LogP contribution in [0, 0.1) is 11.3 Å². The van der Waals surface area contributed by atoms with Gasteiger partial charge in [-0.1, -0.05) is 29.3 Å². The van der Waals surface area contributed by atoms with Crippen LogP contribution < -0.4 is 5.32 Å². The smallest absolute Gasteiger partial charge is 0.262 e. The van der Waals surface area contributed by atoms with Crippen molar-refractivity contribution in [3.8, 4) is 17.4 Å². The van der Waals surface area contributed by atoms with Crippen molar-refractivity contribution in [1.29, 1.82) is 5.26 Å². The van der Waals surface area contributed by atoms with Gasteiger partial charge < -0.3 is 14.2 Å². The zero-order valence-electron chi connectivity index (χ0n) is 13.3. The third-order valence-electron chi connectivity index (χ3n) is 3.50. The van der Waals surface area contributed by atoms with Crippen LogP contribution >= 0.6 is 23.2 Å². The van der Waals surface area contributed by atoms with E-state index in [0.717, 1.165) is 0 Å². The Balaban J connectivity index is 1.78. The van der Waals surface area contributed by atoms with Crippen LogP contribution in [0.5, 0.6) is 0 Å². The van der Waals surface area contributed by atoms with Gasteiger partial charge in [0.15, 0.2) is 0 Å². The van der Waals surface area contributed by atoms with E-state index in [9.17, 15) is 10.1 Å². The molecule has 130 valence electrons. The van der Waals surface area contributed by atoms with Crippen molar-refractivity contribution in [3.05, 3.63) is 75.9 Å². The monoisotopic (exact) mass is 386 g/mol. The summed E-state index contributed by atoms with van der Waals surface area (Å²) in [6, 6.07) is 13.8. The Morgan fingerprint density at radius 3 is 2.77 bits per heavy atom. The zero-order chi connectivity index (χ0) is 18.5. The molecule has 0 saturated heterocycles. The fourth-order valence-electron chi connectivity index (χ4n) is 2.24. The molecule has 0 aliphatic rings. The first-order chi connectivity index (χ1) is 12.6. The molecule has 0 saturated carbocycles. The van der Waals surface area contributed by atoms with Gasteiger partial charge in [-0.15, -0.1) is 0 Å². The molecule has 0 unspecified atom stereocenters. The fourth-order valence-corrected chi connectivity index (χ4v) is 2.63. The molecule has 0 aliphatic carbocycles. The van der Waals surface area contributed by atoms with Gasteiger partial charge in [-0.25, -0.2) is 0 Å². The quantitative estimate of drug-likeness (QED) is 0.490. The molecule has 0 spiro atoms. The topological polar surface area (TPSA) is 79.2 Å². The molecule has 7 heteroatoms. The maximum atomic E-state index is 12.1. The second-order valence-corrected chi connectivity index (χ2v) is 6.02.